The summed E-state index contributed by atoms with van der Waals surface area (Å²) in [5.41, 5.74) is 3.34. The van der Waals surface area contributed by atoms with Crippen molar-refractivity contribution in [3.05, 3.63) is 77.1 Å². The Bertz CT molecular complexity index is 952. The number of halogens is 2. The van der Waals surface area contributed by atoms with E-state index in [1.807, 2.05) is 23.7 Å². The molecule has 0 aliphatic carbocycles. The average molecular weight is 387 g/mol. The molecule has 3 rings (SSSR count). The number of aryl methyl sites for hydroxylation is 1. The van der Waals surface area contributed by atoms with Gasteiger partial charge in [0, 0.05) is 18.4 Å². The van der Waals surface area contributed by atoms with E-state index in [9.17, 15) is 13.6 Å². The Morgan fingerprint density at radius 2 is 1.93 bits per heavy atom. The number of thioether (sulfide) groups is 1. The number of carbonyl (C=O) groups is 1. The quantitative estimate of drug-likeness (QED) is 0.401. The minimum Gasteiger partial charge on any atom is -0.312 e. The fourth-order valence-electron chi connectivity index (χ4n) is 2.16. The molecule has 0 unspecified atom stereocenters. The summed E-state index contributed by atoms with van der Waals surface area (Å²) in [6, 6.07) is 10.4. The zero-order valence-electron chi connectivity index (χ0n) is 14.3. The maximum absolute atomic E-state index is 13.5. The molecule has 0 saturated carbocycles. The second-order valence-electron chi connectivity index (χ2n) is 5.54. The number of benzene rings is 2. The zero-order chi connectivity index (χ0) is 19.2. The van der Waals surface area contributed by atoms with Crippen LogP contribution in [-0.4, -0.2) is 26.9 Å². The molecule has 3 aromatic rings. The van der Waals surface area contributed by atoms with Gasteiger partial charge in [0.1, 0.15) is 18.0 Å². The summed E-state index contributed by atoms with van der Waals surface area (Å²) in [5.74, 6) is -1.30. The molecule has 1 amide bonds. The molecule has 27 heavy (non-hydrogen) atoms. The van der Waals surface area contributed by atoms with Gasteiger partial charge in [0.2, 0.25) is 0 Å². The second kappa shape index (κ2) is 8.54. The number of hydrazone groups is 1. The molecule has 9 heteroatoms. The van der Waals surface area contributed by atoms with E-state index in [4.69, 9.17) is 0 Å². The molecular formula is C18H15F2N5OS. The molecule has 0 atom stereocenters. The molecule has 1 N–H and O–H groups in total. The van der Waals surface area contributed by atoms with Gasteiger partial charge in [-0.25, -0.2) is 14.2 Å². The SMILES string of the molecule is Cn1cnnc1SCc1ccc(C(=O)N/N=C/c2c(F)cccc2F)cc1. The smallest absolute Gasteiger partial charge is 0.271 e. The van der Waals surface area contributed by atoms with Crippen molar-refractivity contribution in [1.82, 2.24) is 20.2 Å². The van der Waals surface area contributed by atoms with Crippen LogP contribution in [0.1, 0.15) is 21.5 Å². The van der Waals surface area contributed by atoms with E-state index < -0.39 is 17.5 Å². The number of amides is 1. The molecule has 0 saturated heterocycles. The van der Waals surface area contributed by atoms with Crippen molar-refractivity contribution < 1.29 is 13.6 Å². The average Bonchev–Trinajstić information content (AvgIpc) is 3.07. The predicted molar refractivity (Wildman–Crippen MR) is 98.4 cm³/mol. The first kappa shape index (κ1) is 18.7. The first-order chi connectivity index (χ1) is 13.0. The summed E-state index contributed by atoms with van der Waals surface area (Å²) in [6.45, 7) is 0. The van der Waals surface area contributed by atoms with Crippen molar-refractivity contribution >= 4 is 23.9 Å². The molecule has 0 bridgehead atoms. The fraction of sp³-hybridized carbons (Fsp3) is 0.111. The van der Waals surface area contributed by atoms with Crippen molar-refractivity contribution in [1.29, 1.82) is 0 Å². The van der Waals surface area contributed by atoms with Gasteiger partial charge in [0.25, 0.3) is 5.91 Å². The van der Waals surface area contributed by atoms with Gasteiger partial charge in [-0.3, -0.25) is 4.79 Å². The third-order valence-corrected chi connectivity index (χ3v) is 4.72. The molecule has 1 aromatic heterocycles. The first-order valence-electron chi connectivity index (χ1n) is 7.88. The van der Waals surface area contributed by atoms with Crippen LogP contribution < -0.4 is 5.43 Å². The van der Waals surface area contributed by atoms with Crippen molar-refractivity contribution in [2.45, 2.75) is 10.9 Å². The van der Waals surface area contributed by atoms with Gasteiger partial charge in [-0.1, -0.05) is 30.0 Å². The lowest BCUT2D eigenvalue weighted by Crippen LogP contribution is -2.17. The van der Waals surface area contributed by atoms with Gasteiger partial charge >= 0.3 is 0 Å². The fourth-order valence-corrected chi connectivity index (χ4v) is 3.00. The largest absolute Gasteiger partial charge is 0.312 e. The number of nitrogens with one attached hydrogen (secondary N) is 1. The Balaban J connectivity index is 1.57. The number of carbonyl (C=O) groups excluding carboxylic acids is 1. The normalized spacial score (nSPS) is 11.1. The van der Waals surface area contributed by atoms with Crippen molar-refractivity contribution in [3.8, 4) is 0 Å². The molecule has 0 fully saturated rings. The van der Waals surface area contributed by atoms with E-state index in [2.05, 4.69) is 20.7 Å². The lowest BCUT2D eigenvalue weighted by Gasteiger charge is -2.04. The molecule has 1 heterocycles. The second-order valence-corrected chi connectivity index (χ2v) is 6.49. The van der Waals surface area contributed by atoms with Crippen LogP contribution in [0.25, 0.3) is 0 Å². The summed E-state index contributed by atoms with van der Waals surface area (Å²) in [4.78, 5) is 12.1. The Morgan fingerprint density at radius 3 is 2.56 bits per heavy atom. The first-order valence-corrected chi connectivity index (χ1v) is 8.86. The highest BCUT2D eigenvalue weighted by molar-refractivity contribution is 7.98. The van der Waals surface area contributed by atoms with Gasteiger partial charge in [0.15, 0.2) is 5.16 Å². The molecule has 0 aliphatic heterocycles. The predicted octanol–water partition coefficient (Wildman–Crippen LogP) is 3.15. The Hall–Kier alpha value is -3.07. The minimum absolute atomic E-state index is 0.311. The lowest BCUT2D eigenvalue weighted by atomic mass is 10.1. The standard InChI is InChI=1S/C18H15F2N5OS/c1-25-11-22-24-18(25)27-10-12-5-7-13(8-6-12)17(26)23-21-9-14-15(19)3-2-4-16(14)20/h2-9,11H,10H2,1H3,(H,23,26)/b21-9+. The van der Waals surface area contributed by atoms with Crippen LogP contribution in [0.5, 0.6) is 0 Å². The van der Waals surface area contributed by atoms with Crippen LogP contribution in [0.2, 0.25) is 0 Å². The topological polar surface area (TPSA) is 72.2 Å². The summed E-state index contributed by atoms with van der Waals surface area (Å²) in [6.07, 6.45) is 2.57. The molecule has 2 aromatic carbocycles. The van der Waals surface area contributed by atoms with Crippen LogP contribution in [0.4, 0.5) is 8.78 Å². The third-order valence-electron chi connectivity index (χ3n) is 3.61. The number of hydrogen-bond donors (Lipinski definition) is 1. The minimum atomic E-state index is -0.752. The van der Waals surface area contributed by atoms with Gasteiger partial charge in [-0.2, -0.15) is 5.10 Å². The molecule has 0 aliphatic rings. The zero-order valence-corrected chi connectivity index (χ0v) is 15.1. The van der Waals surface area contributed by atoms with Crippen molar-refractivity contribution in [2.24, 2.45) is 12.1 Å². The Labute approximate surface area is 158 Å². The lowest BCUT2D eigenvalue weighted by molar-refractivity contribution is 0.0955. The molecular weight excluding hydrogens is 372 g/mol. The highest BCUT2D eigenvalue weighted by Gasteiger charge is 2.08. The summed E-state index contributed by atoms with van der Waals surface area (Å²) < 4.78 is 28.8. The van der Waals surface area contributed by atoms with Crippen LogP contribution in [0.3, 0.4) is 0 Å². The number of rotatable bonds is 6. The Morgan fingerprint density at radius 1 is 1.22 bits per heavy atom. The maximum atomic E-state index is 13.5. The molecule has 0 spiro atoms. The van der Waals surface area contributed by atoms with E-state index in [1.54, 1.807) is 18.5 Å². The van der Waals surface area contributed by atoms with E-state index in [0.717, 1.165) is 29.1 Å². The molecule has 0 radical (unpaired) electrons. The number of aromatic nitrogens is 3. The van der Waals surface area contributed by atoms with Gasteiger partial charge in [-0.15, -0.1) is 10.2 Å². The monoisotopic (exact) mass is 387 g/mol. The third kappa shape index (κ3) is 4.76. The van der Waals surface area contributed by atoms with Gasteiger partial charge < -0.3 is 4.57 Å². The van der Waals surface area contributed by atoms with Crippen LogP contribution in [0.15, 0.2) is 59.0 Å². The summed E-state index contributed by atoms with van der Waals surface area (Å²) in [5, 5.41) is 12.2. The van der Waals surface area contributed by atoms with Crippen molar-refractivity contribution in [2.75, 3.05) is 0 Å². The van der Waals surface area contributed by atoms with Crippen LogP contribution >= 0.6 is 11.8 Å². The molecule has 138 valence electrons. The highest BCUT2D eigenvalue weighted by atomic mass is 32.2. The summed E-state index contributed by atoms with van der Waals surface area (Å²) in [7, 11) is 1.86. The van der Waals surface area contributed by atoms with Gasteiger partial charge in [0.05, 0.1) is 11.8 Å². The van der Waals surface area contributed by atoms with E-state index in [-0.39, 0.29) is 5.56 Å². The number of hydrogen-bond acceptors (Lipinski definition) is 5. The van der Waals surface area contributed by atoms with Gasteiger partial charge in [-0.05, 0) is 29.8 Å². The highest BCUT2D eigenvalue weighted by Crippen LogP contribution is 2.20. The maximum Gasteiger partial charge on any atom is 0.271 e. The van der Waals surface area contributed by atoms with Crippen LogP contribution in [-0.2, 0) is 12.8 Å². The van der Waals surface area contributed by atoms with E-state index in [0.29, 0.717) is 11.3 Å². The van der Waals surface area contributed by atoms with Crippen LogP contribution in [0, 0.1) is 11.6 Å². The van der Waals surface area contributed by atoms with E-state index >= 15 is 0 Å². The summed E-state index contributed by atoms with van der Waals surface area (Å²) >= 11 is 1.53. The van der Waals surface area contributed by atoms with Crippen molar-refractivity contribution in [3.63, 3.8) is 0 Å². The van der Waals surface area contributed by atoms with E-state index in [1.165, 1.54) is 17.8 Å². The Kier molecular flexibility index (Phi) is 5.92. The molecule has 6 nitrogen and oxygen atoms in total. The number of nitrogens with zero attached hydrogens (tertiary/aromatic N) is 4.